The Hall–Kier alpha value is -9.34. The second kappa shape index (κ2) is 38.5. The molecule has 2 aromatic rings. The number of primary amides is 1. The molecule has 93 heavy (non-hydrogen) atoms. The van der Waals surface area contributed by atoms with Gasteiger partial charge >= 0.3 is 0 Å². The highest BCUT2D eigenvalue weighted by molar-refractivity contribution is 6.00. The smallest absolute Gasteiger partial charge is 0.248 e. The molecule has 33 nitrogen and oxygen atoms in total. The molecular formula is C60H92N16O17. The molecule has 1 saturated heterocycles. The van der Waals surface area contributed by atoms with E-state index in [2.05, 4.69) is 58.5 Å². The molecule has 1 fully saturated rings. The molecule has 0 saturated carbocycles. The molecule has 3 rings (SSSR count). The summed E-state index contributed by atoms with van der Waals surface area (Å²) in [6.45, 7) is 8.51. The summed E-state index contributed by atoms with van der Waals surface area (Å²) in [6, 6.07) is -1.00. The zero-order valence-corrected chi connectivity index (χ0v) is 53.3. The number of amides is 13. The Labute approximate surface area is 538 Å². The van der Waals surface area contributed by atoms with Crippen LogP contribution in [0.25, 0.3) is 0 Å². The zero-order chi connectivity index (χ0) is 69.8. The first kappa shape index (κ1) is 77.9. The second-order valence-electron chi connectivity index (χ2n) is 23.4. The minimum Gasteiger partial charge on any atom is -0.394 e. The van der Waals surface area contributed by atoms with E-state index in [0.717, 1.165) is 6.92 Å². The van der Waals surface area contributed by atoms with E-state index in [1.165, 1.54) is 20.8 Å². The van der Waals surface area contributed by atoms with Crippen molar-refractivity contribution >= 4 is 82.8 Å². The maximum absolute atomic E-state index is 14.9. The van der Waals surface area contributed by atoms with Crippen LogP contribution in [0.4, 0.5) is 0 Å². The van der Waals surface area contributed by atoms with Gasteiger partial charge in [0.15, 0.2) is 12.1 Å². The SMILES string of the molecule is CC[C@H](C)[C@@H]1NC(=O)[C@@H](CCCNC(=N)N)NC(=O)[C@H](CC(C)C)NC(=O)[C@H]([C@H](O)C(C)C)NC(=O)[C@@H](NC(=O)[C@H](Cc2ccccc2)NC(=O)[C@@H](Cc2ccccc2)NC(C)=O)CNC(=O)[C@H](CO)NC(=O)C([C@H](O)C(N)=O)NC(=O)CNC(=O)[C@H]([C@H](C)O)NC1=O. The van der Waals surface area contributed by atoms with E-state index >= 15 is 0 Å². The van der Waals surface area contributed by atoms with Crippen LogP contribution in [0.2, 0.25) is 0 Å². The van der Waals surface area contributed by atoms with Gasteiger partial charge in [-0.2, -0.15) is 0 Å². The minimum absolute atomic E-state index is 0.0109. The molecule has 0 aromatic heterocycles. The van der Waals surface area contributed by atoms with Gasteiger partial charge in [0, 0.05) is 32.9 Å². The van der Waals surface area contributed by atoms with Crippen molar-refractivity contribution in [2.24, 2.45) is 29.2 Å². The number of nitrogens with two attached hydrogens (primary N) is 2. The van der Waals surface area contributed by atoms with E-state index in [1.807, 2.05) is 10.6 Å². The monoisotopic (exact) mass is 1310 g/mol. The van der Waals surface area contributed by atoms with Gasteiger partial charge in [-0.1, -0.05) is 109 Å². The van der Waals surface area contributed by atoms with Crippen LogP contribution in [-0.4, -0.2) is 208 Å². The summed E-state index contributed by atoms with van der Waals surface area (Å²) in [5.41, 5.74) is 11.9. The molecule has 1 heterocycles. The van der Waals surface area contributed by atoms with Crippen LogP contribution in [0.5, 0.6) is 0 Å². The van der Waals surface area contributed by atoms with Gasteiger partial charge in [0.05, 0.1) is 25.4 Å². The molecule has 14 atom stereocenters. The fraction of sp³-hybridized carbons (Fsp3) is 0.567. The van der Waals surface area contributed by atoms with Gasteiger partial charge in [-0.05, 0) is 55.1 Å². The number of nitrogens with one attached hydrogen (secondary N) is 14. The second-order valence-corrected chi connectivity index (χ2v) is 23.4. The van der Waals surface area contributed by atoms with E-state index in [0.29, 0.717) is 11.1 Å². The van der Waals surface area contributed by atoms with E-state index in [1.54, 1.807) is 88.4 Å². The van der Waals surface area contributed by atoms with Crippen LogP contribution in [0, 0.1) is 23.2 Å². The average molecular weight is 1310 g/mol. The zero-order valence-electron chi connectivity index (χ0n) is 53.3. The third-order valence-corrected chi connectivity index (χ3v) is 14.9. The highest BCUT2D eigenvalue weighted by atomic mass is 16.3. The fourth-order valence-electron chi connectivity index (χ4n) is 9.44. The van der Waals surface area contributed by atoms with Crippen molar-refractivity contribution < 1.29 is 82.8 Å². The van der Waals surface area contributed by atoms with Crippen molar-refractivity contribution in [1.29, 1.82) is 5.41 Å². The van der Waals surface area contributed by atoms with Gasteiger partial charge in [0.25, 0.3) is 0 Å². The van der Waals surface area contributed by atoms with Gasteiger partial charge in [0.1, 0.15) is 60.4 Å². The molecule has 2 aromatic carbocycles. The summed E-state index contributed by atoms with van der Waals surface area (Å²) < 4.78 is 0. The maximum atomic E-state index is 14.9. The lowest BCUT2D eigenvalue weighted by Crippen LogP contribution is -2.65. The molecule has 0 bridgehead atoms. The number of rotatable bonds is 23. The molecule has 33 heteroatoms. The summed E-state index contributed by atoms with van der Waals surface area (Å²) in [4.78, 5) is 181. The van der Waals surface area contributed by atoms with Crippen molar-refractivity contribution in [1.82, 2.24) is 69.1 Å². The van der Waals surface area contributed by atoms with E-state index in [-0.39, 0.29) is 51.0 Å². The Morgan fingerprint density at radius 3 is 1.63 bits per heavy atom. The van der Waals surface area contributed by atoms with Crippen LogP contribution in [0.15, 0.2) is 60.7 Å². The lowest BCUT2D eigenvalue weighted by Gasteiger charge is -2.31. The number of hydrogen-bond donors (Lipinski definition) is 20. The van der Waals surface area contributed by atoms with Crippen molar-refractivity contribution in [2.75, 3.05) is 26.2 Å². The molecular weight excluding hydrogens is 1220 g/mol. The highest BCUT2D eigenvalue weighted by Crippen LogP contribution is 2.15. The minimum atomic E-state index is -2.55. The van der Waals surface area contributed by atoms with Crippen molar-refractivity contribution in [2.45, 2.75) is 173 Å². The number of hydrogen-bond acceptors (Lipinski definition) is 18. The molecule has 0 aliphatic carbocycles. The number of aliphatic hydroxyl groups excluding tert-OH is 4. The van der Waals surface area contributed by atoms with E-state index in [4.69, 9.17) is 16.9 Å². The van der Waals surface area contributed by atoms with Crippen molar-refractivity contribution in [3.05, 3.63) is 71.8 Å². The van der Waals surface area contributed by atoms with Crippen LogP contribution < -0.4 is 80.6 Å². The Bertz CT molecular complexity index is 2920. The maximum Gasteiger partial charge on any atom is 0.248 e. The van der Waals surface area contributed by atoms with Gasteiger partial charge in [-0.3, -0.25) is 67.7 Å². The van der Waals surface area contributed by atoms with Gasteiger partial charge < -0.3 is 101 Å². The standard InChI is InChI=1S/C60H92N16O17/c1-9-31(6)43-57(91)75-44(32(7)78)56(90)66-27-42(80)73-46(48(82)49(61)83)59(93)72-41(28-77)50(84)65-26-40(71-54(88)39(25-35-19-14-11-15-20-35)69-53(87)38(67-33(8)79)24-34-17-12-10-13-18-34)55(89)76-45(47(81)30(4)5)58(92)70-37(23-29(2)3)52(86)68-36(51(85)74-43)21-16-22-64-60(62)63/h10-15,17-20,29-32,36-41,43-48,77-78,81-82H,9,16,21-28H2,1-8H3,(H2,61,83)(H,65,84)(H,66,90)(H,67,79)(H,68,86)(H,69,87)(H,70,92)(H,71,88)(H,72,93)(H,73,80)(H,74,85)(H,75,91)(H,76,89)(H4,62,63,64)/t31-,32-,36+,37-,38+,39-,40-,41-,43-,44-,45-,46?,47+,48-/m0/s1. The predicted molar refractivity (Wildman–Crippen MR) is 334 cm³/mol. The number of carbonyl (C=O) groups excluding carboxylic acids is 13. The normalized spacial score (nSPS) is 23.2. The molecule has 1 aliphatic rings. The Balaban J connectivity index is 2.30. The fourth-order valence-corrected chi connectivity index (χ4v) is 9.44. The third-order valence-electron chi connectivity index (χ3n) is 14.9. The first-order chi connectivity index (χ1) is 43.8. The molecule has 22 N–H and O–H groups in total. The molecule has 0 spiro atoms. The lowest BCUT2D eigenvalue weighted by molar-refractivity contribution is -0.140. The Kier molecular flexibility index (Phi) is 32.2. The number of carbonyl (C=O) groups is 13. The van der Waals surface area contributed by atoms with E-state index < -0.39 is 193 Å². The number of guanidine groups is 1. The van der Waals surface area contributed by atoms with Gasteiger partial charge in [-0.15, -0.1) is 0 Å². The highest BCUT2D eigenvalue weighted by Gasteiger charge is 2.41. The van der Waals surface area contributed by atoms with Crippen molar-refractivity contribution in [3.8, 4) is 0 Å². The number of aliphatic hydroxyl groups is 4. The van der Waals surface area contributed by atoms with Crippen LogP contribution >= 0.6 is 0 Å². The lowest BCUT2D eigenvalue weighted by atomic mass is 9.96. The largest absolute Gasteiger partial charge is 0.394 e. The molecule has 514 valence electrons. The molecule has 0 radical (unpaired) electrons. The van der Waals surface area contributed by atoms with Crippen LogP contribution in [-0.2, 0) is 75.2 Å². The Morgan fingerprint density at radius 1 is 0.602 bits per heavy atom. The molecule has 1 aliphatic heterocycles. The summed E-state index contributed by atoms with van der Waals surface area (Å²) in [5, 5.41) is 82.5. The van der Waals surface area contributed by atoms with Crippen LogP contribution in [0.1, 0.15) is 92.2 Å². The first-order valence-electron chi connectivity index (χ1n) is 30.4. The predicted octanol–water partition coefficient (Wildman–Crippen LogP) is -6.82. The summed E-state index contributed by atoms with van der Waals surface area (Å²) in [6.07, 6.45) is -6.40. The van der Waals surface area contributed by atoms with Crippen LogP contribution in [0.3, 0.4) is 0 Å². The molecule has 1 unspecified atom stereocenters. The Morgan fingerprint density at radius 2 is 1.12 bits per heavy atom. The topological polar surface area (TPSA) is 535 Å². The average Bonchev–Trinajstić information content (AvgIpc) is 1.67. The number of benzene rings is 2. The third kappa shape index (κ3) is 26.1. The van der Waals surface area contributed by atoms with Crippen molar-refractivity contribution in [3.63, 3.8) is 0 Å². The quantitative estimate of drug-likeness (QED) is 0.0279. The van der Waals surface area contributed by atoms with Gasteiger partial charge in [-0.25, -0.2) is 0 Å². The van der Waals surface area contributed by atoms with E-state index in [9.17, 15) is 82.8 Å². The summed E-state index contributed by atoms with van der Waals surface area (Å²) in [5.74, 6) is -17.4. The summed E-state index contributed by atoms with van der Waals surface area (Å²) >= 11 is 0. The summed E-state index contributed by atoms with van der Waals surface area (Å²) in [7, 11) is 0. The van der Waals surface area contributed by atoms with Gasteiger partial charge in [0.2, 0.25) is 76.8 Å². The molecule has 13 amide bonds. The first-order valence-corrected chi connectivity index (χ1v) is 30.4.